The number of hydrogen-bond acceptors (Lipinski definition) is 2. The summed E-state index contributed by atoms with van der Waals surface area (Å²) in [5.41, 5.74) is 5.60. The molecule has 1 aliphatic rings. The van der Waals surface area contributed by atoms with Crippen molar-refractivity contribution in [2.45, 2.75) is 18.4 Å². The van der Waals surface area contributed by atoms with Crippen molar-refractivity contribution in [3.05, 3.63) is 29.3 Å². The molecule has 1 saturated carbocycles. The summed E-state index contributed by atoms with van der Waals surface area (Å²) in [4.78, 5) is 11.1. The van der Waals surface area contributed by atoms with Gasteiger partial charge in [0.15, 0.2) is 0 Å². The van der Waals surface area contributed by atoms with Crippen LogP contribution in [0.4, 0.5) is 5.69 Å². The number of carbonyl (C=O) groups excluding carboxylic acids is 1. The van der Waals surface area contributed by atoms with Crippen molar-refractivity contribution in [3.8, 4) is 0 Å². The molecule has 0 aliphatic heterocycles. The van der Waals surface area contributed by atoms with E-state index in [1.54, 1.807) is 12.1 Å². The number of amides is 1. The minimum Gasteiger partial charge on any atom is -0.371 e. The lowest BCUT2D eigenvalue weighted by atomic mass is 10.2. The largest absolute Gasteiger partial charge is 0.371 e. The van der Waals surface area contributed by atoms with Crippen molar-refractivity contribution in [1.82, 2.24) is 0 Å². The zero-order valence-corrected chi connectivity index (χ0v) is 8.34. The van der Waals surface area contributed by atoms with Crippen molar-refractivity contribution < 1.29 is 4.79 Å². The molecule has 0 aromatic heterocycles. The molecule has 0 radical (unpaired) electrons. The lowest BCUT2D eigenvalue weighted by molar-refractivity contribution is -0.119. The van der Waals surface area contributed by atoms with Crippen molar-refractivity contribution in [3.63, 3.8) is 0 Å². The Morgan fingerprint density at radius 1 is 1.50 bits per heavy atom. The van der Waals surface area contributed by atoms with Gasteiger partial charge in [0.25, 0.3) is 0 Å². The van der Waals surface area contributed by atoms with Gasteiger partial charge in [-0.25, -0.2) is 0 Å². The van der Waals surface area contributed by atoms with Gasteiger partial charge in [-0.1, -0.05) is 17.7 Å². The van der Waals surface area contributed by atoms with E-state index in [2.05, 4.69) is 5.32 Å². The third kappa shape index (κ3) is 1.68. The number of halogens is 1. The molecule has 2 rings (SSSR count). The number of benzene rings is 1. The molecule has 0 bridgehead atoms. The Hall–Kier alpha value is -1.22. The van der Waals surface area contributed by atoms with Crippen LogP contribution in [0, 0.1) is 0 Å². The number of hydrogen-bond donors (Lipinski definition) is 2. The standard InChI is InChI=1S/C10H11ClN2O/c11-7-2-1-3-8(6-7)13-10(4-5-10)9(12)14/h1-3,6,13H,4-5H2,(H2,12,14). The summed E-state index contributed by atoms with van der Waals surface area (Å²) in [5.74, 6) is -0.294. The molecule has 3 nitrogen and oxygen atoms in total. The Kier molecular flexibility index (Phi) is 2.11. The minimum atomic E-state index is -0.523. The summed E-state index contributed by atoms with van der Waals surface area (Å²) in [6.45, 7) is 0. The highest BCUT2D eigenvalue weighted by atomic mass is 35.5. The first kappa shape index (κ1) is 9.34. The lowest BCUT2D eigenvalue weighted by Gasteiger charge is -2.14. The number of anilines is 1. The van der Waals surface area contributed by atoms with Crippen LogP contribution < -0.4 is 11.1 Å². The predicted molar refractivity (Wildman–Crippen MR) is 56.2 cm³/mol. The van der Waals surface area contributed by atoms with Crippen LogP contribution in [0.1, 0.15) is 12.8 Å². The highest BCUT2D eigenvalue weighted by molar-refractivity contribution is 6.30. The molecule has 74 valence electrons. The summed E-state index contributed by atoms with van der Waals surface area (Å²) in [5, 5.41) is 3.76. The van der Waals surface area contributed by atoms with E-state index in [9.17, 15) is 4.79 Å². The highest BCUT2D eigenvalue weighted by Gasteiger charge is 2.48. The fraction of sp³-hybridized carbons (Fsp3) is 0.300. The fourth-order valence-electron chi connectivity index (χ4n) is 1.40. The van der Waals surface area contributed by atoms with Crippen LogP contribution in [0.15, 0.2) is 24.3 Å². The molecule has 0 saturated heterocycles. The first-order valence-corrected chi connectivity index (χ1v) is 4.84. The normalized spacial score (nSPS) is 17.5. The average molecular weight is 211 g/mol. The first-order chi connectivity index (χ1) is 6.62. The average Bonchev–Trinajstić information content (AvgIpc) is 2.85. The molecule has 1 aromatic carbocycles. The van der Waals surface area contributed by atoms with Gasteiger partial charge in [-0.3, -0.25) is 4.79 Å². The number of nitrogens with one attached hydrogen (secondary N) is 1. The zero-order chi connectivity index (χ0) is 10.2. The van der Waals surface area contributed by atoms with Crippen LogP contribution in [-0.4, -0.2) is 11.4 Å². The number of primary amides is 1. The Balaban J connectivity index is 2.15. The van der Waals surface area contributed by atoms with E-state index in [1.807, 2.05) is 12.1 Å². The lowest BCUT2D eigenvalue weighted by Crippen LogP contribution is -2.37. The van der Waals surface area contributed by atoms with Crippen LogP contribution in [0.2, 0.25) is 5.02 Å². The second kappa shape index (κ2) is 3.17. The van der Waals surface area contributed by atoms with E-state index in [0.717, 1.165) is 18.5 Å². The van der Waals surface area contributed by atoms with Crippen LogP contribution in [0.25, 0.3) is 0 Å². The zero-order valence-electron chi connectivity index (χ0n) is 7.59. The maximum Gasteiger partial charge on any atom is 0.243 e. The highest BCUT2D eigenvalue weighted by Crippen LogP contribution is 2.38. The fourth-order valence-corrected chi connectivity index (χ4v) is 1.59. The molecule has 1 amide bonds. The molecule has 1 aromatic rings. The third-order valence-electron chi connectivity index (χ3n) is 2.43. The Bertz CT molecular complexity index is 374. The SMILES string of the molecule is NC(=O)C1(Nc2cccc(Cl)c2)CC1. The summed E-state index contributed by atoms with van der Waals surface area (Å²) < 4.78 is 0. The van der Waals surface area contributed by atoms with E-state index in [1.165, 1.54) is 0 Å². The summed E-state index contributed by atoms with van der Waals surface area (Å²) in [7, 11) is 0. The maximum atomic E-state index is 11.1. The van der Waals surface area contributed by atoms with Gasteiger partial charge in [0.05, 0.1) is 0 Å². The topological polar surface area (TPSA) is 55.1 Å². The molecule has 3 N–H and O–H groups in total. The quantitative estimate of drug-likeness (QED) is 0.799. The van der Waals surface area contributed by atoms with Gasteiger partial charge in [-0.2, -0.15) is 0 Å². The molecule has 1 fully saturated rings. The number of nitrogens with two attached hydrogens (primary N) is 1. The number of carbonyl (C=O) groups is 1. The summed E-state index contributed by atoms with van der Waals surface area (Å²) in [6, 6.07) is 7.28. The van der Waals surface area contributed by atoms with Gasteiger partial charge < -0.3 is 11.1 Å². The van der Waals surface area contributed by atoms with E-state index >= 15 is 0 Å². The van der Waals surface area contributed by atoms with Gasteiger partial charge in [-0.05, 0) is 31.0 Å². The van der Waals surface area contributed by atoms with Gasteiger partial charge >= 0.3 is 0 Å². The molecular formula is C10H11ClN2O. The van der Waals surface area contributed by atoms with Gasteiger partial charge in [0, 0.05) is 10.7 Å². The van der Waals surface area contributed by atoms with Crippen LogP contribution >= 0.6 is 11.6 Å². The second-order valence-corrected chi connectivity index (χ2v) is 4.02. The maximum absolute atomic E-state index is 11.1. The minimum absolute atomic E-state index is 0.294. The van der Waals surface area contributed by atoms with Crippen molar-refractivity contribution in [2.24, 2.45) is 5.73 Å². The van der Waals surface area contributed by atoms with Gasteiger partial charge in [0.1, 0.15) is 5.54 Å². The number of rotatable bonds is 3. The molecule has 1 aliphatic carbocycles. The third-order valence-corrected chi connectivity index (χ3v) is 2.66. The summed E-state index contributed by atoms with van der Waals surface area (Å²) >= 11 is 5.82. The van der Waals surface area contributed by atoms with Crippen LogP contribution in [-0.2, 0) is 4.79 Å². The van der Waals surface area contributed by atoms with Crippen molar-refractivity contribution >= 4 is 23.2 Å². The van der Waals surface area contributed by atoms with Crippen molar-refractivity contribution in [1.29, 1.82) is 0 Å². The monoisotopic (exact) mass is 210 g/mol. The Morgan fingerprint density at radius 3 is 2.71 bits per heavy atom. The summed E-state index contributed by atoms with van der Waals surface area (Å²) in [6.07, 6.45) is 1.60. The Labute approximate surface area is 87.2 Å². The molecule has 0 unspecified atom stereocenters. The van der Waals surface area contributed by atoms with Gasteiger partial charge in [-0.15, -0.1) is 0 Å². The second-order valence-electron chi connectivity index (χ2n) is 3.58. The van der Waals surface area contributed by atoms with E-state index in [4.69, 9.17) is 17.3 Å². The predicted octanol–water partition coefficient (Wildman–Crippen LogP) is 1.77. The smallest absolute Gasteiger partial charge is 0.243 e. The molecule has 4 heteroatoms. The van der Waals surface area contributed by atoms with Crippen LogP contribution in [0.3, 0.4) is 0 Å². The van der Waals surface area contributed by atoms with E-state index < -0.39 is 5.54 Å². The Morgan fingerprint density at radius 2 is 2.21 bits per heavy atom. The van der Waals surface area contributed by atoms with Crippen molar-refractivity contribution in [2.75, 3.05) is 5.32 Å². The first-order valence-electron chi connectivity index (χ1n) is 4.46. The molecule has 0 atom stereocenters. The molecule has 0 spiro atoms. The molecular weight excluding hydrogens is 200 g/mol. The van der Waals surface area contributed by atoms with Gasteiger partial charge in [0.2, 0.25) is 5.91 Å². The van der Waals surface area contributed by atoms with Crippen LogP contribution in [0.5, 0.6) is 0 Å². The molecule has 0 heterocycles. The van der Waals surface area contributed by atoms with E-state index in [0.29, 0.717) is 5.02 Å². The molecule has 14 heavy (non-hydrogen) atoms. The van der Waals surface area contributed by atoms with E-state index in [-0.39, 0.29) is 5.91 Å².